The van der Waals surface area contributed by atoms with E-state index in [0.29, 0.717) is 18.4 Å². The Bertz CT molecular complexity index is 579. The highest BCUT2D eigenvalue weighted by atomic mass is 32.1. The number of hydrogen-bond donors (Lipinski definition) is 1. The molecule has 3 heterocycles. The lowest BCUT2D eigenvalue weighted by atomic mass is 10.0. The summed E-state index contributed by atoms with van der Waals surface area (Å²) in [5, 5.41) is 0.962. The van der Waals surface area contributed by atoms with Crippen molar-refractivity contribution in [1.82, 2.24) is 9.97 Å². The third-order valence-corrected chi connectivity index (χ3v) is 4.24. The summed E-state index contributed by atoms with van der Waals surface area (Å²) >= 11 is 1.61. The number of nitrogens with two attached hydrogens (primary N) is 1. The minimum atomic E-state index is 0.274. The Morgan fingerprint density at radius 2 is 2.21 bits per heavy atom. The quantitative estimate of drug-likeness (QED) is 0.934. The summed E-state index contributed by atoms with van der Waals surface area (Å²) in [5.41, 5.74) is 5.73. The minimum Gasteiger partial charge on any atom is -0.477 e. The topological polar surface area (TPSA) is 70.3 Å². The van der Waals surface area contributed by atoms with Gasteiger partial charge in [-0.15, -0.1) is 11.3 Å². The van der Waals surface area contributed by atoms with Crippen LogP contribution < -0.4 is 10.5 Å². The van der Waals surface area contributed by atoms with Crippen molar-refractivity contribution in [1.29, 1.82) is 0 Å². The van der Waals surface area contributed by atoms with E-state index in [1.54, 1.807) is 11.3 Å². The SMILES string of the molecule is Cc1cc2c(OCC3CCOCC3)nc(N)nc2s1. The second-order valence-electron chi connectivity index (χ2n) is 4.83. The first-order chi connectivity index (χ1) is 9.22. The molecule has 102 valence electrons. The molecule has 3 rings (SSSR count). The molecule has 1 fully saturated rings. The van der Waals surface area contributed by atoms with Crippen LogP contribution in [-0.2, 0) is 4.74 Å². The molecular weight excluding hydrogens is 262 g/mol. The largest absolute Gasteiger partial charge is 0.477 e. The van der Waals surface area contributed by atoms with Gasteiger partial charge in [-0.1, -0.05) is 0 Å². The molecule has 2 aromatic rings. The molecule has 2 aromatic heterocycles. The van der Waals surface area contributed by atoms with Crippen molar-refractivity contribution < 1.29 is 9.47 Å². The smallest absolute Gasteiger partial charge is 0.227 e. The summed E-state index contributed by atoms with van der Waals surface area (Å²) in [6.45, 7) is 4.37. The fourth-order valence-electron chi connectivity index (χ4n) is 2.25. The Labute approximate surface area is 115 Å². The van der Waals surface area contributed by atoms with Gasteiger partial charge in [0.1, 0.15) is 4.83 Å². The van der Waals surface area contributed by atoms with Crippen LogP contribution in [0.25, 0.3) is 10.2 Å². The molecule has 0 atom stereocenters. The number of anilines is 1. The lowest BCUT2D eigenvalue weighted by Gasteiger charge is -2.21. The van der Waals surface area contributed by atoms with Gasteiger partial charge in [-0.3, -0.25) is 0 Å². The molecule has 0 aromatic carbocycles. The maximum atomic E-state index is 5.87. The van der Waals surface area contributed by atoms with E-state index < -0.39 is 0 Å². The van der Waals surface area contributed by atoms with Crippen LogP contribution in [0, 0.1) is 12.8 Å². The Hall–Kier alpha value is -1.40. The van der Waals surface area contributed by atoms with Crippen LogP contribution in [0.4, 0.5) is 5.95 Å². The number of thiophene rings is 1. The van der Waals surface area contributed by atoms with E-state index in [2.05, 4.69) is 16.0 Å². The maximum Gasteiger partial charge on any atom is 0.227 e. The van der Waals surface area contributed by atoms with Crippen LogP contribution in [0.1, 0.15) is 17.7 Å². The summed E-state index contributed by atoms with van der Waals surface area (Å²) in [5.74, 6) is 1.43. The van der Waals surface area contributed by atoms with Gasteiger partial charge in [-0.2, -0.15) is 4.98 Å². The standard InChI is InChI=1S/C13H17N3O2S/c1-8-6-10-11(15-13(14)16-12(10)19-8)18-7-9-2-4-17-5-3-9/h6,9H,2-5,7H2,1H3,(H2,14,15,16). The van der Waals surface area contributed by atoms with Crippen molar-refractivity contribution in [3.63, 3.8) is 0 Å². The molecule has 0 radical (unpaired) electrons. The molecule has 2 N–H and O–H groups in total. The van der Waals surface area contributed by atoms with Gasteiger partial charge in [0.15, 0.2) is 0 Å². The van der Waals surface area contributed by atoms with Gasteiger partial charge in [0.05, 0.1) is 12.0 Å². The fraction of sp³-hybridized carbons (Fsp3) is 0.538. The maximum absolute atomic E-state index is 5.87. The van der Waals surface area contributed by atoms with Gasteiger partial charge < -0.3 is 15.2 Å². The van der Waals surface area contributed by atoms with Gasteiger partial charge in [-0.25, -0.2) is 4.98 Å². The highest BCUT2D eigenvalue weighted by Crippen LogP contribution is 2.31. The molecule has 0 saturated carbocycles. The molecule has 6 heteroatoms. The number of aromatic nitrogens is 2. The van der Waals surface area contributed by atoms with Crippen molar-refractivity contribution in [2.45, 2.75) is 19.8 Å². The molecule has 1 aliphatic heterocycles. The third-order valence-electron chi connectivity index (χ3n) is 3.29. The lowest BCUT2D eigenvalue weighted by molar-refractivity contribution is 0.0493. The van der Waals surface area contributed by atoms with Crippen LogP contribution in [0.5, 0.6) is 5.88 Å². The summed E-state index contributed by atoms with van der Waals surface area (Å²) in [7, 11) is 0. The molecule has 5 nitrogen and oxygen atoms in total. The second-order valence-corrected chi connectivity index (χ2v) is 6.06. The van der Waals surface area contributed by atoms with E-state index >= 15 is 0 Å². The zero-order chi connectivity index (χ0) is 13.2. The van der Waals surface area contributed by atoms with Gasteiger partial charge in [0.2, 0.25) is 11.8 Å². The average molecular weight is 279 g/mol. The fourth-order valence-corrected chi connectivity index (χ4v) is 3.13. The molecule has 1 aliphatic rings. The highest BCUT2D eigenvalue weighted by Gasteiger charge is 2.16. The van der Waals surface area contributed by atoms with Gasteiger partial charge in [0, 0.05) is 18.1 Å². The van der Waals surface area contributed by atoms with Gasteiger partial charge in [0.25, 0.3) is 0 Å². The molecule has 1 saturated heterocycles. The van der Waals surface area contributed by atoms with Crippen molar-refractivity contribution in [3.05, 3.63) is 10.9 Å². The molecule has 0 spiro atoms. The van der Waals surface area contributed by atoms with E-state index in [9.17, 15) is 0 Å². The van der Waals surface area contributed by atoms with Gasteiger partial charge >= 0.3 is 0 Å². The number of hydrogen-bond acceptors (Lipinski definition) is 6. The van der Waals surface area contributed by atoms with E-state index in [-0.39, 0.29) is 5.95 Å². The van der Waals surface area contributed by atoms with Crippen LogP contribution in [0.3, 0.4) is 0 Å². The second kappa shape index (κ2) is 5.30. The first-order valence-electron chi connectivity index (χ1n) is 6.46. The van der Waals surface area contributed by atoms with Gasteiger partial charge in [-0.05, 0) is 31.7 Å². The number of fused-ring (bicyclic) bond motifs is 1. The molecule has 19 heavy (non-hydrogen) atoms. The first-order valence-corrected chi connectivity index (χ1v) is 7.28. The number of nitrogen functional groups attached to an aromatic ring is 1. The van der Waals surface area contributed by atoms with Crippen molar-refractivity contribution in [2.24, 2.45) is 5.92 Å². The first kappa shape index (κ1) is 12.6. The predicted octanol–water partition coefficient (Wildman–Crippen LogP) is 2.39. The van der Waals surface area contributed by atoms with E-state index in [1.807, 2.05) is 6.92 Å². The Balaban J connectivity index is 1.79. The monoisotopic (exact) mass is 279 g/mol. The van der Waals surface area contributed by atoms with Crippen molar-refractivity contribution in [3.8, 4) is 5.88 Å². The minimum absolute atomic E-state index is 0.274. The lowest BCUT2D eigenvalue weighted by Crippen LogP contribution is -2.21. The molecular formula is C13H17N3O2S. The summed E-state index contributed by atoms with van der Waals surface area (Å²) < 4.78 is 11.2. The summed E-state index contributed by atoms with van der Waals surface area (Å²) in [6.07, 6.45) is 2.10. The van der Waals surface area contributed by atoms with Crippen LogP contribution in [0.2, 0.25) is 0 Å². The zero-order valence-corrected chi connectivity index (χ0v) is 11.7. The predicted molar refractivity (Wildman–Crippen MR) is 75.6 cm³/mol. The number of rotatable bonds is 3. The van der Waals surface area contributed by atoms with Crippen LogP contribution in [-0.4, -0.2) is 29.8 Å². The van der Waals surface area contributed by atoms with E-state index in [4.69, 9.17) is 15.2 Å². The third kappa shape index (κ3) is 2.79. The summed E-state index contributed by atoms with van der Waals surface area (Å²) in [4.78, 5) is 10.5. The van der Waals surface area contributed by atoms with Crippen LogP contribution >= 0.6 is 11.3 Å². The Morgan fingerprint density at radius 1 is 1.42 bits per heavy atom. The number of ether oxygens (including phenoxy) is 2. The van der Waals surface area contributed by atoms with E-state index in [1.165, 1.54) is 4.88 Å². The molecule has 0 bridgehead atoms. The van der Waals surface area contributed by atoms with Crippen molar-refractivity contribution in [2.75, 3.05) is 25.6 Å². The van der Waals surface area contributed by atoms with Crippen LogP contribution in [0.15, 0.2) is 6.07 Å². The number of nitrogens with zero attached hydrogens (tertiary/aromatic N) is 2. The highest BCUT2D eigenvalue weighted by molar-refractivity contribution is 7.18. The molecule has 0 amide bonds. The molecule has 0 unspecified atom stereocenters. The normalized spacial score (nSPS) is 16.9. The summed E-state index contributed by atoms with van der Waals surface area (Å²) in [6, 6.07) is 2.05. The Kier molecular flexibility index (Phi) is 3.52. The molecule has 0 aliphatic carbocycles. The number of aryl methyl sites for hydroxylation is 1. The Morgan fingerprint density at radius 3 is 3.00 bits per heavy atom. The zero-order valence-electron chi connectivity index (χ0n) is 10.9. The average Bonchev–Trinajstić information content (AvgIpc) is 2.77. The van der Waals surface area contributed by atoms with Crippen molar-refractivity contribution >= 4 is 27.5 Å². The van der Waals surface area contributed by atoms with E-state index in [0.717, 1.165) is 36.3 Å².